The molecule has 0 aliphatic rings. The van der Waals surface area contributed by atoms with Gasteiger partial charge in [-0.2, -0.15) is 9.61 Å². The molecule has 3 aromatic heterocycles. The summed E-state index contributed by atoms with van der Waals surface area (Å²) in [7, 11) is 0. The SMILES string of the molecule is c1coc(-c2nnc3scnn23)c1. The maximum Gasteiger partial charge on any atom is 0.234 e. The second-order valence-electron chi connectivity index (χ2n) is 2.43. The molecule has 0 saturated carbocycles. The second kappa shape index (κ2) is 2.40. The highest BCUT2D eigenvalue weighted by atomic mass is 32.1. The predicted molar refractivity (Wildman–Crippen MR) is 46.4 cm³/mol. The highest BCUT2D eigenvalue weighted by Crippen LogP contribution is 2.18. The molecule has 0 aromatic carbocycles. The Morgan fingerprint density at radius 2 is 2.38 bits per heavy atom. The minimum atomic E-state index is 0.640. The standard InChI is InChI=1S/C7H4N4OS/c1-2-5(12-3-1)6-9-10-7-11(6)8-4-13-7/h1-4H. The van der Waals surface area contributed by atoms with Crippen LogP contribution in [0.3, 0.4) is 0 Å². The topological polar surface area (TPSA) is 56.2 Å². The van der Waals surface area contributed by atoms with E-state index in [0.717, 1.165) is 4.96 Å². The highest BCUT2D eigenvalue weighted by molar-refractivity contribution is 7.14. The number of rotatable bonds is 1. The molecule has 3 rings (SSSR count). The molecule has 3 heterocycles. The van der Waals surface area contributed by atoms with Crippen molar-refractivity contribution in [3.63, 3.8) is 0 Å². The van der Waals surface area contributed by atoms with Crippen molar-refractivity contribution in [1.82, 2.24) is 19.8 Å². The van der Waals surface area contributed by atoms with Gasteiger partial charge in [0.1, 0.15) is 5.51 Å². The average molecular weight is 192 g/mol. The first-order valence-electron chi connectivity index (χ1n) is 3.64. The molecule has 0 N–H and O–H groups in total. The lowest BCUT2D eigenvalue weighted by Crippen LogP contribution is -1.86. The Kier molecular flexibility index (Phi) is 1.25. The van der Waals surface area contributed by atoms with Crippen LogP contribution in [-0.4, -0.2) is 19.8 Å². The number of aromatic nitrogens is 4. The maximum absolute atomic E-state index is 5.20. The van der Waals surface area contributed by atoms with Crippen molar-refractivity contribution >= 4 is 16.3 Å². The Morgan fingerprint density at radius 1 is 1.38 bits per heavy atom. The monoisotopic (exact) mass is 192 g/mol. The van der Waals surface area contributed by atoms with Crippen molar-refractivity contribution in [2.24, 2.45) is 0 Å². The number of furan rings is 1. The Balaban J connectivity index is 2.33. The molecule has 3 aromatic rings. The molecule has 0 aliphatic carbocycles. The van der Waals surface area contributed by atoms with Gasteiger partial charge in [-0.15, -0.1) is 10.2 Å². The van der Waals surface area contributed by atoms with Gasteiger partial charge in [-0.25, -0.2) is 0 Å². The Bertz CT molecular complexity index is 523. The molecular weight excluding hydrogens is 188 g/mol. The van der Waals surface area contributed by atoms with Crippen LogP contribution in [0.5, 0.6) is 0 Å². The second-order valence-corrected chi connectivity index (χ2v) is 3.25. The van der Waals surface area contributed by atoms with Crippen LogP contribution in [0.2, 0.25) is 0 Å². The van der Waals surface area contributed by atoms with Crippen molar-refractivity contribution in [1.29, 1.82) is 0 Å². The summed E-state index contributed by atoms with van der Waals surface area (Å²) < 4.78 is 6.85. The van der Waals surface area contributed by atoms with E-state index < -0.39 is 0 Å². The maximum atomic E-state index is 5.20. The van der Waals surface area contributed by atoms with Gasteiger partial charge >= 0.3 is 0 Å². The number of nitrogens with zero attached hydrogens (tertiary/aromatic N) is 4. The zero-order valence-corrected chi connectivity index (χ0v) is 7.23. The minimum absolute atomic E-state index is 0.640. The van der Waals surface area contributed by atoms with Gasteiger partial charge in [0.15, 0.2) is 5.76 Å². The van der Waals surface area contributed by atoms with E-state index in [4.69, 9.17) is 4.42 Å². The van der Waals surface area contributed by atoms with Crippen molar-refractivity contribution in [3.8, 4) is 11.6 Å². The molecule has 0 atom stereocenters. The normalized spacial score (nSPS) is 11.1. The summed E-state index contributed by atoms with van der Waals surface area (Å²) in [5.41, 5.74) is 1.72. The molecule has 5 nitrogen and oxygen atoms in total. The Hall–Kier alpha value is -1.69. The van der Waals surface area contributed by atoms with Crippen LogP contribution < -0.4 is 0 Å². The molecule has 0 bridgehead atoms. The van der Waals surface area contributed by atoms with Gasteiger partial charge in [0.25, 0.3) is 0 Å². The average Bonchev–Trinajstić information content (AvgIpc) is 2.79. The third kappa shape index (κ3) is 0.888. The summed E-state index contributed by atoms with van der Waals surface area (Å²) in [6.45, 7) is 0. The molecule has 0 unspecified atom stereocenters. The van der Waals surface area contributed by atoms with Gasteiger partial charge in [0.05, 0.1) is 6.26 Å². The van der Waals surface area contributed by atoms with E-state index in [1.165, 1.54) is 11.3 Å². The van der Waals surface area contributed by atoms with E-state index in [9.17, 15) is 0 Å². The molecule has 0 saturated heterocycles. The van der Waals surface area contributed by atoms with Gasteiger partial charge in [-0.05, 0) is 12.1 Å². The first kappa shape index (κ1) is 6.79. The highest BCUT2D eigenvalue weighted by Gasteiger charge is 2.11. The zero-order valence-electron chi connectivity index (χ0n) is 6.41. The van der Waals surface area contributed by atoms with Gasteiger partial charge in [-0.3, -0.25) is 0 Å². The molecule has 13 heavy (non-hydrogen) atoms. The third-order valence-corrected chi connectivity index (χ3v) is 2.34. The lowest BCUT2D eigenvalue weighted by molar-refractivity contribution is 0.575. The van der Waals surface area contributed by atoms with E-state index in [1.807, 2.05) is 12.1 Å². The number of hydrogen-bond acceptors (Lipinski definition) is 5. The fraction of sp³-hybridized carbons (Fsp3) is 0. The van der Waals surface area contributed by atoms with Gasteiger partial charge in [0, 0.05) is 0 Å². The Morgan fingerprint density at radius 3 is 3.23 bits per heavy atom. The smallest absolute Gasteiger partial charge is 0.234 e. The molecule has 0 spiro atoms. The van der Waals surface area contributed by atoms with Crippen LogP contribution in [0.15, 0.2) is 28.3 Å². The first-order valence-corrected chi connectivity index (χ1v) is 4.52. The quantitative estimate of drug-likeness (QED) is 0.585. The van der Waals surface area contributed by atoms with Gasteiger partial charge in [0.2, 0.25) is 10.8 Å². The summed E-state index contributed by atoms with van der Waals surface area (Å²) in [4.78, 5) is 0.770. The molecule has 0 radical (unpaired) electrons. The fourth-order valence-electron chi connectivity index (χ4n) is 1.12. The molecule has 64 valence electrons. The van der Waals surface area contributed by atoms with E-state index in [-0.39, 0.29) is 0 Å². The molecule has 0 amide bonds. The van der Waals surface area contributed by atoms with Gasteiger partial charge in [-0.1, -0.05) is 11.3 Å². The van der Waals surface area contributed by atoms with Crippen LogP contribution >= 0.6 is 11.3 Å². The fourth-order valence-corrected chi connectivity index (χ4v) is 1.68. The van der Waals surface area contributed by atoms with Crippen LogP contribution in [0, 0.1) is 0 Å². The molecular formula is C7H4N4OS. The number of hydrogen-bond donors (Lipinski definition) is 0. The zero-order chi connectivity index (χ0) is 8.67. The molecule has 0 aliphatic heterocycles. The summed E-state index contributed by atoms with van der Waals surface area (Å²) in [5.74, 6) is 1.32. The van der Waals surface area contributed by atoms with Crippen molar-refractivity contribution < 1.29 is 4.42 Å². The van der Waals surface area contributed by atoms with Crippen molar-refractivity contribution in [3.05, 3.63) is 23.9 Å². The third-order valence-electron chi connectivity index (χ3n) is 1.67. The minimum Gasteiger partial charge on any atom is -0.461 e. The summed E-state index contributed by atoms with van der Waals surface area (Å²) in [5, 5.41) is 12.0. The predicted octanol–water partition coefficient (Wildman–Crippen LogP) is 1.45. The largest absolute Gasteiger partial charge is 0.461 e. The van der Waals surface area contributed by atoms with E-state index in [0.29, 0.717) is 11.6 Å². The van der Waals surface area contributed by atoms with E-state index in [2.05, 4.69) is 15.3 Å². The molecule has 6 heteroatoms. The molecule has 0 fully saturated rings. The van der Waals surface area contributed by atoms with E-state index in [1.54, 1.807) is 16.3 Å². The van der Waals surface area contributed by atoms with Crippen molar-refractivity contribution in [2.45, 2.75) is 0 Å². The van der Waals surface area contributed by atoms with Gasteiger partial charge < -0.3 is 4.42 Å². The lowest BCUT2D eigenvalue weighted by Gasteiger charge is -1.87. The summed E-state index contributed by atoms with van der Waals surface area (Å²) in [6.07, 6.45) is 1.60. The van der Waals surface area contributed by atoms with Crippen LogP contribution in [0.25, 0.3) is 16.5 Å². The Labute approximate surface area is 76.6 Å². The van der Waals surface area contributed by atoms with Crippen LogP contribution in [0.4, 0.5) is 0 Å². The summed E-state index contributed by atoms with van der Waals surface area (Å²) >= 11 is 1.44. The first-order chi connectivity index (χ1) is 6.45. The number of fused-ring (bicyclic) bond motifs is 1. The van der Waals surface area contributed by atoms with Crippen LogP contribution in [-0.2, 0) is 0 Å². The van der Waals surface area contributed by atoms with E-state index >= 15 is 0 Å². The summed E-state index contributed by atoms with van der Waals surface area (Å²) in [6, 6.07) is 3.64. The van der Waals surface area contributed by atoms with Crippen LogP contribution in [0.1, 0.15) is 0 Å². The lowest BCUT2D eigenvalue weighted by atomic mass is 10.4. The van der Waals surface area contributed by atoms with Crippen molar-refractivity contribution in [2.75, 3.05) is 0 Å².